The van der Waals surface area contributed by atoms with Gasteiger partial charge in [-0.2, -0.15) is 0 Å². The van der Waals surface area contributed by atoms with E-state index in [9.17, 15) is 9.59 Å². The number of nitrogens with zero attached hydrogens (tertiary/aromatic N) is 1. The van der Waals surface area contributed by atoms with E-state index < -0.39 is 11.9 Å². The number of carboxylic acids is 1. The number of urea groups is 1. The number of benzene rings is 1. The van der Waals surface area contributed by atoms with E-state index in [2.05, 4.69) is 5.32 Å². The van der Waals surface area contributed by atoms with Crippen LogP contribution in [0.4, 0.5) is 4.79 Å². The lowest BCUT2D eigenvalue weighted by Crippen LogP contribution is -2.39. The van der Waals surface area contributed by atoms with Crippen molar-refractivity contribution in [3.05, 3.63) is 35.9 Å². The summed E-state index contributed by atoms with van der Waals surface area (Å²) < 4.78 is 0. The monoisotopic (exact) mass is 276 g/mol. The van der Waals surface area contributed by atoms with Gasteiger partial charge in [0.05, 0.1) is 5.92 Å². The molecule has 2 N–H and O–H groups in total. The number of likely N-dealkylation sites (tertiary alicyclic amines) is 1. The smallest absolute Gasteiger partial charge is 0.317 e. The van der Waals surface area contributed by atoms with Crippen LogP contribution < -0.4 is 5.32 Å². The maximum Gasteiger partial charge on any atom is 0.317 e. The Hall–Kier alpha value is -2.04. The first-order chi connectivity index (χ1) is 9.58. The molecule has 20 heavy (non-hydrogen) atoms. The normalized spacial score (nSPS) is 21.8. The molecule has 0 spiro atoms. The van der Waals surface area contributed by atoms with E-state index in [1.54, 1.807) is 4.90 Å². The van der Waals surface area contributed by atoms with Gasteiger partial charge in [-0.1, -0.05) is 37.3 Å². The fourth-order valence-electron chi connectivity index (χ4n) is 2.52. The number of hydrogen-bond acceptors (Lipinski definition) is 2. The van der Waals surface area contributed by atoms with Gasteiger partial charge in [0.25, 0.3) is 0 Å². The number of nitrogens with one attached hydrogen (secondary N) is 1. The second kappa shape index (κ2) is 6.41. The second-order valence-electron chi connectivity index (χ2n) is 5.29. The minimum absolute atomic E-state index is 0.00683. The van der Waals surface area contributed by atoms with Crippen molar-refractivity contribution in [1.29, 1.82) is 0 Å². The second-order valence-corrected chi connectivity index (χ2v) is 5.29. The van der Waals surface area contributed by atoms with Gasteiger partial charge >= 0.3 is 12.0 Å². The van der Waals surface area contributed by atoms with Crippen LogP contribution in [0.3, 0.4) is 0 Å². The number of carbonyl (C=O) groups excluding carboxylic acids is 1. The van der Waals surface area contributed by atoms with E-state index in [0.29, 0.717) is 19.6 Å². The van der Waals surface area contributed by atoms with Crippen LogP contribution in [0, 0.1) is 11.8 Å². The fraction of sp³-hybridized carbons (Fsp3) is 0.467. The molecule has 0 bridgehead atoms. The molecule has 108 valence electrons. The molecule has 2 atom stereocenters. The first-order valence-electron chi connectivity index (χ1n) is 6.87. The molecule has 0 radical (unpaired) electrons. The highest BCUT2D eigenvalue weighted by atomic mass is 16.4. The Morgan fingerprint density at radius 2 is 2.00 bits per heavy atom. The molecule has 1 aromatic carbocycles. The van der Waals surface area contributed by atoms with Crippen molar-refractivity contribution in [2.24, 2.45) is 11.8 Å². The zero-order chi connectivity index (χ0) is 14.5. The van der Waals surface area contributed by atoms with Crippen LogP contribution in [-0.2, 0) is 11.2 Å². The van der Waals surface area contributed by atoms with Crippen molar-refractivity contribution in [2.75, 3.05) is 19.6 Å². The van der Waals surface area contributed by atoms with Gasteiger partial charge in [0.2, 0.25) is 0 Å². The summed E-state index contributed by atoms with van der Waals surface area (Å²) in [6.45, 7) is 3.24. The van der Waals surface area contributed by atoms with E-state index >= 15 is 0 Å². The minimum Gasteiger partial charge on any atom is -0.481 e. The Bertz CT molecular complexity index is 475. The van der Waals surface area contributed by atoms with Gasteiger partial charge in [-0.25, -0.2) is 4.79 Å². The molecule has 1 aliphatic heterocycles. The molecule has 1 fully saturated rings. The van der Waals surface area contributed by atoms with Gasteiger partial charge in [0.15, 0.2) is 0 Å². The van der Waals surface area contributed by atoms with E-state index in [1.807, 2.05) is 37.3 Å². The largest absolute Gasteiger partial charge is 0.481 e. The minimum atomic E-state index is -0.822. The molecule has 2 unspecified atom stereocenters. The van der Waals surface area contributed by atoms with Crippen LogP contribution in [0.5, 0.6) is 0 Å². The number of amides is 2. The highest BCUT2D eigenvalue weighted by Crippen LogP contribution is 2.22. The molecular formula is C15H20N2O3. The third-order valence-corrected chi connectivity index (χ3v) is 3.75. The molecule has 1 aromatic rings. The molecule has 1 heterocycles. The van der Waals surface area contributed by atoms with Crippen molar-refractivity contribution < 1.29 is 14.7 Å². The zero-order valence-electron chi connectivity index (χ0n) is 11.6. The van der Waals surface area contributed by atoms with E-state index in [-0.39, 0.29) is 11.9 Å². The molecule has 5 nitrogen and oxygen atoms in total. The van der Waals surface area contributed by atoms with Crippen molar-refractivity contribution in [2.45, 2.75) is 13.3 Å². The molecule has 5 heteroatoms. The van der Waals surface area contributed by atoms with Crippen LogP contribution in [0.15, 0.2) is 30.3 Å². The first-order valence-corrected chi connectivity index (χ1v) is 6.87. The van der Waals surface area contributed by atoms with E-state index in [0.717, 1.165) is 6.42 Å². The van der Waals surface area contributed by atoms with Gasteiger partial charge < -0.3 is 15.3 Å². The van der Waals surface area contributed by atoms with Crippen LogP contribution in [0.2, 0.25) is 0 Å². The third-order valence-electron chi connectivity index (χ3n) is 3.75. The van der Waals surface area contributed by atoms with Gasteiger partial charge in [-0.05, 0) is 17.9 Å². The van der Waals surface area contributed by atoms with Crippen molar-refractivity contribution in [3.63, 3.8) is 0 Å². The summed E-state index contributed by atoms with van der Waals surface area (Å²) in [5, 5.41) is 11.9. The van der Waals surface area contributed by atoms with Gasteiger partial charge in [-0.3, -0.25) is 4.79 Å². The SMILES string of the molecule is CC1CN(C(=O)NCCc2ccccc2)CC1C(=O)O. The highest BCUT2D eigenvalue weighted by molar-refractivity contribution is 5.77. The summed E-state index contributed by atoms with van der Waals surface area (Å²) in [6, 6.07) is 9.76. The maximum absolute atomic E-state index is 12.0. The summed E-state index contributed by atoms with van der Waals surface area (Å²) >= 11 is 0. The van der Waals surface area contributed by atoms with Crippen molar-refractivity contribution in [3.8, 4) is 0 Å². The van der Waals surface area contributed by atoms with Crippen LogP contribution in [0.25, 0.3) is 0 Å². The number of carboxylic acid groups (broad SMARTS) is 1. The molecule has 0 aromatic heterocycles. The van der Waals surface area contributed by atoms with Gasteiger partial charge in [-0.15, -0.1) is 0 Å². The number of carbonyl (C=O) groups is 2. The standard InChI is InChI=1S/C15H20N2O3/c1-11-9-17(10-13(11)14(18)19)15(20)16-8-7-12-5-3-2-4-6-12/h2-6,11,13H,7-10H2,1H3,(H,16,20)(H,18,19). The summed E-state index contributed by atoms with van der Waals surface area (Å²) in [4.78, 5) is 24.6. The number of aliphatic carboxylic acids is 1. The van der Waals surface area contributed by atoms with E-state index in [1.165, 1.54) is 5.56 Å². The quantitative estimate of drug-likeness (QED) is 0.877. The molecule has 1 saturated heterocycles. The molecular weight excluding hydrogens is 256 g/mol. The summed E-state index contributed by atoms with van der Waals surface area (Å²) in [5.74, 6) is -1.26. The third kappa shape index (κ3) is 3.50. The molecule has 0 aliphatic carbocycles. The Morgan fingerprint density at radius 3 is 2.60 bits per heavy atom. The average Bonchev–Trinajstić information content (AvgIpc) is 2.82. The maximum atomic E-state index is 12.0. The van der Waals surface area contributed by atoms with Crippen LogP contribution in [0.1, 0.15) is 12.5 Å². The predicted octanol–water partition coefficient (Wildman–Crippen LogP) is 1.59. The average molecular weight is 276 g/mol. The van der Waals surface area contributed by atoms with Crippen LogP contribution >= 0.6 is 0 Å². The Morgan fingerprint density at radius 1 is 1.30 bits per heavy atom. The lowest BCUT2D eigenvalue weighted by atomic mass is 9.99. The van der Waals surface area contributed by atoms with Gasteiger partial charge in [0, 0.05) is 19.6 Å². The van der Waals surface area contributed by atoms with Crippen molar-refractivity contribution >= 4 is 12.0 Å². The van der Waals surface area contributed by atoms with Crippen molar-refractivity contribution in [1.82, 2.24) is 10.2 Å². The van der Waals surface area contributed by atoms with E-state index in [4.69, 9.17) is 5.11 Å². The lowest BCUT2D eigenvalue weighted by Gasteiger charge is -2.16. The number of rotatable bonds is 4. The Balaban J connectivity index is 1.77. The molecule has 0 saturated carbocycles. The Kier molecular flexibility index (Phi) is 4.61. The fourth-order valence-corrected chi connectivity index (χ4v) is 2.52. The predicted molar refractivity (Wildman–Crippen MR) is 75.4 cm³/mol. The topological polar surface area (TPSA) is 69.6 Å². The first kappa shape index (κ1) is 14.4. The van der Waals surface area contributed by atoms with Crippen LogP contribution in [-0.4, -0.2) is 41.6 Å². The summed E-state index contributed by atoms with van der Waals surface area (Å²) in [7, 11) is 0. The summed E-state index contributed by atoms with van der Waals surface area (Å²) in [5.41, 5.74) is 1.17. The zero-order valence-corrected chi connectivity index (χ0v) is 11.6. The summed E-state index contributed by atoms with van der Waals surface area (Å²) in [6.07, 6.45) is 0.776. The van der Waals surface area contributed by atoms with Gasteiger partial charge in [0.1, 0.15) is 0 Å². The molecule has 2 rings (SSSR count). The number of hydrogen-bond donors (Lipinski definition) is 2. The molecule has 2 amide bonds. The molecule has 1 aliphatic rings. The lowest BCUT2D eigenvalue weighted by molar-refractivity contribution is -0.142. The Labute approximate surface area is 118 Å². The highest BCUT2D eigenvalue weighted by Gasteiger charge is 2.36.